The molecule has 1 aliphatic heterocycles. The molecule has 3 N–H and O–H groups in total. The van der Waals surface area contributed by atoms with Crippen molar-refractivity contribution in [1.29, 1.82) is 0 Å². The second-order valence-corrected chi connectivity index (χ2v) is 7.22. The largest absolute Gasteiger partial charge is 0.508 e. The Morgan fingerprint density at radius 1 is 1.04 bits per heavy atom. The van der Waals surface area contributed by atoms with Gasteiger partial charge in [-0.05, 0) is 43.2 Å². The first kappa shape index (κ1) is 17.4. The first-order valence-electron chi connectivity index (χ1n) is 9.02. The van der Waals surface area contributed by atoms with E-state index in [4.69, 9.17) is 10.5 Å². The number of aryl methyl sites for hydroxylation is 1. The third-order valence-electron chi connectivity index (χ3n) is 5.41. The van der Waals surface area contributed by atoms with Crippen LogP contribution in [0.4, 0.5) is 10.1 Å². The minimum absolute atomic E-state index is 0.0318. The Labute approximate surface area is 158 Å². The fourth-order valence-corrected chi connectivity index (χ4v) is 3.96. The van der Waals surface area contributed by atoms with Crippen LogP contribution in [-0.4, -0.2) is 11.7 Å². The standard InChI is InChI=1S/C23H22FNO2/c1-13-4-3-5-15(10-13)18-12-27-23-14(2)21(26)9-7-17(23)22(18)16-6-8-20(25)19(24)11-16/h3-11,18,22,26H,12,25H2,1-2H3/t18-,22-/m0/s1. The number of nitrogens with two attached hydrogens (primary N) is 1. The second kappa shape index (κ2) is 6.62. The summed E-state index contributed by atoms with van der Waals surface area (Å²) in [5.41, 5.74) is 10.7. The highest BCUT2D eigenvalue weighted by atomic mass is 19.1. The maximum Gasteiger partial charge on any atom is 0.146 e. The lowest BCUT2D eigenvalue weighted by Gasteiger charge is -2.35. The predicted octanol–water partition coefficient (Wildman–Crippen LogP) is 5.04. The molecular formula is C23H22FNO2. The third kappa shape index (κ3) is 3.01. The second-order valence-electron chi connectivity index (χ2n) is 7.22. The smallest absolute Gasteiger partial charge is 0.146 e. The molecule has 2 atom stereocenters. The van der Waals surface area contributed by atoms with Crippen LogP contribution < -0.4 is 10.5 Å². The van der Waals surface area contributed by atoms with E-state index in [2.05, 4.69) is 25.1 Å². The van der Waals surface area contributed by atoms with Crippen molar-refractivity contribution >= 4 is 5.69 Å². The molecule has 27 heavy (non-hydrogen) atoms. The molecule has 0 amide bonds. The van der Waals surface area contributed by atoms with E-state index in [1.807, 2.05) is 25.1 Å². The summed E-state index contributed by atoms with van der Waals surface area (Å²) >= 11 is 0. The van der Waals surface area contributed by atoms with Crippen LogP contribution in [0.5, 0.6) is 11.5 Å². The minimum atomic E-state index is -0.418. The van der Waals surface area contributed by atoms with E-state index in [0.29, 0.717) is 17.9 Å². The Balaban J connectivity index is 1.91. The van der Waals surface area contributed by atoms with Crippen LogP contribution in [0.1, 0.15) is 39.7 Å². The van der Waals surface area contributed by atoms with Gasteiger partial charge in [-0.25, -0.2) is 4.39 Å². The molecule has 1 aliphatic rings. The Hall–Kier alpha value is -3.01. The summed E-state index contributed by atoms with van der Waals surface area (Å²) in [6.07, 6.45) is 0. The van der Waals surface area contributed by atoms with Gasteiger partial charge in [-0.2, -0.15) is 0 Å². The first-order chi connectivity index (χ1) is 13.0. The minimum Gasteiger partial charge on any atom is -0.508 e. The fourth-order valence-electron chi connectivity index (χ4n) is 3.96. The summed E-state index contributed by atoms with van der Waals surface area (Å²) in [7, 11) is 0. The first-order valence-corrected chi connectivity index (χ1v) is 9.02. The molecule has 0 aromatic heterocycles. The van der Waals surface area contributed by atoms with Crippen LogP contribution in [0.3, 0.4) is 0 Å². The van der Waals surface area contributed by atoms with Crippen molar-refractivity contribution in [2.45, 2.75) is 25.7 Å². The van der Waals surface area contributed by atoms with Gasteiger partial charge in [-0.15, -0.1) is 0 Å². The summed E-state index contributed by atoms with van der Waals surface area (Å²) in [5, 5.41) is 10.1. The van der Waals surface area contributed by atoms with Crippen LogP contribution in [0, 0.1) is 19.7 Å². The number of hydrogen-bond donors (Lipinski definition) is 2. The van der Waals surface area contributed by atoms with Gasteiger partial charge in [0.15, 0.2) is 0 Å². The lowest BCUT2D eigenvalue weighted by Crippen LogP contribution is -2.26. The number of aromatic hydroxyl groups is 1. The van der Waals surface area contributed by atoms with Crippen LogP contribution in [-0.2, 0) is 0 Å². The van der Waals surface area contributed by atoms with E-state index in [0.717, 1.165) is 16.7 Å². The van der Waals surface area contributed by atoms with Crippen molar-refractivity contribution in [3.63, 3.8) is 0 Å². The van der Waals surface area contributed by atoms with Crippen molar-refractivity contribution in [1.82, 2.24) is 0 Å². The SMILES string of the molecule is Cc1cccc([C@@H]2COc3c(ccc(O)c3C)[C@@H]2c2ccc(N)c(F)c2)c1. The van der Waals surface area contributed by atoms with Gasteiger partial charge in [0.1, 0.15) is 17.3 Å². The van der Waals surface area contributed by atoms with Gasteiger partial charge in [-0.1, -0.05) is 42.0 Å². The quantitative estimate of drug-likeness (QED) is 0.627. The van der Waals surface area contributed by atoms with Crippen molar-refractivity contribution in [2.75, 3.05) is 12.3 Å². The molecule has 0 radical (unpaired) electrons. The summed E-state index contributed by atoms with van der Waals surface area (Å²) in [6.45, 7) is 4.35. The van der Waals surface area contributed by atoms with Gasteiger partial charge in [0.25, 0.3) is 0 Å². The maximum atomic E-state index is 14.3. The van der Waals surface area contributed by atoms with Crippen LogP contribution in [0.2, 0.25) is 0 Å². The highest BCUT2D eigenvalue weighted by Crippen LogP contribution is 2.48. The van der Waals surface area contributed by atoms with E-state index in [9.17, 15) is 9.50 Å². The topological polar surface area (TPSA) is 55.5 Å². The zero-order valence-electron chi connectivity index (χ0n) is 15.4. The molecular weight excluding hydrogens is 341 g/mol. The molecule has 0 unspecified atom stereocenters. The molecule has 0 fully saturated rings. The molecule has 3 aromatic rings. The van der Waals surface area contributed by atoms with Gasteiger partial charge < -0.3 is 15.6 Å². The number of halogens is 1. The molecule has 0 saturated heterocycles. The van der Waals surface area contributed by atoms with E-state index in [1.54, 1.807) is 12.1 Å². The number of nitrogen functional groups attached to an aromatic ring is 1. The number of phenolic OH excluding ortho intramolecular Hbond substituents is 1. The van der Waals surface area contributed by atoms with E-state index in [1.165, 1.54) is 11.6 Å². The Kier molecular flexibility index (Phi) is 4.27. The van der Waals surface area contributed by atoms with Crippen molar-refractivity contribution in [2.24, 2.45) is 0 Å². The van der Waals surface area contributed by atoms with E-state index >= 15 is 0 Å². The predicted molar refractivity (Wildman–Crippen MR) is 105 cm³/mol. The van der Waals surface area contributed by atoms with Crippen molar-refractivity contribution < 1.29 is 14.2 Å². The van der Waals surface area contributed by atoms with Crippen molar-refractivity contribution in [3.8, 4) is 11.5 Å². The summed E-state index contributed by atoms with van der Waals surface area (Å²) < 4.78 is 20.3. The summed E-state index contributed by atoms with van der Waals surface area (Å²) in [6, 6.07) is 16.9. The Morgan fingerprint density at radius 3 is 2.59 bits per heavy atom. The van der Waals surface area contributed by atoms with Gasteiger partial charge in [0, 0.05) is 23.0 Å². The zero-order valence-corrected chi connectivity index (χ0v) is 15.4. The zero-order chi connectivity index (χ0) is 19.1. The molecule has 0 aliphatic carbocycles. The normalized spacial score (nSPS) is 18.6. The summed E-state index contributed by atoms with van der Waals surface area (Å²) in [4.78, 5) is 0. The molecule has 3 nitrogen and oxygen atoms in total. The number of anilines is 1. The fraction of sp³-hybridized carbons (Fsp3) is 0.217. The molecule has 138 valence electrons. The number of ether oxygens (including phenoxy) is 1. The molecule has 3 aromatic carbocycles. The van der Waals surface area contributed by atoms with Crippen molar-refractivity contribution in [3.05, 3.63) is 88.2 Å². The molecule has 4 heteroatoms. The van der Waals surface area contributed by atoms with E-state index in [-0.39, 0.29) is 23.3 Å². The number of benzene rings is 3. The summed E-state index contributed by atoms with van der Waals surface area (Å²) in [5.74, 6) is 0.402. The number of fused-ring (bicyclic) bond motifs is 1. The third-order valence-corrected chi connectivity index (χ3v) is 5.41. The highest BCUT2D eigenvalue weighted by molar-refractivity contribution is 5.56. The van der Waals surface area contributed by atoms with Gasteiger partial charge in [0.05, 0.1) is 12.3 Å². The average molecular weight is 363 g/mol. The molecule has 0 saturated carbocycles. The Bertz CT molecular complexity index is 1020. The van der Waals surface area contributed by atoms with Gasteiger partial charge in [0.2, 0.25) is 0 Å². The lowest BCUT2D eigenvalue weighted by molar-refractivity contribution is 0.245. The lowest BCUT2D eigenvalue weighted by atomic mass is 9.75. The molecule has 1 heterocycles. The molecule has 4 rings (SSSR count). The van der Waals surface area contributed by atoms with Gasteiger partial charge >= 0.3 is 0 Å². The Morgan fingerprint density at radius 2 is 1.85 bits per heavy atom. The van der Waals surface area contributed by atoms with Gasteiger partial charge in [-0.3, -0.25) is 0 Å². The van der Waals surface area contributed by atoms with Crippen LogP contribution in [0.25, 0.3) is 0 Å². The maximum absolute atomic E-state index is 14.3. The number of rotatable bonds is 2. The molecule has 0 spiro atoms. The monoisotopic (exact) mass is 363 g/mol. The van der Waals surface area contributed by atoms with Crippen LogP contribution in [0.15, 0.2) is 54.6 Å². The number of hydrogen-bond acceptors (Lipinski definition) is 3. The van der Waals surface area contributed by atoms with E-state index < -0.39 is 5.82 Å². The highest BCUT2D eigenvalue weighted by Gasteiger charge is 2.35. The number of phenols is 1. The van der Waals surface area contributed by atoms with Crippen LogP contribution >= 0.6 is 0 Å². The molecule has 0 bridgehead atoms. The average Bonchev–Trinajstić information content (AvgIpc) is 2.66.